The van der Waals surface area contributed by atoms with Gasteiger partial charge >= 0.3 is 0 Å². The van der Waals surface area contributed by atoms with Gasteiger partial charge in [-0.25, -0.2) is 4.39 Å². The van der Waals surface area contributed by atoms with Crippen LogP contribution < -0.4 is 20.5 Å². The second-order valence-electron chi connectivity index (χ2n) is 7.74. The van der Waals surface area contributed by atoms with E-state index in [1.54, 1.807) is 57.8 Å². The summed E-state index contributed by atoms with van der Waals surface area (Å²) in [6, 6.07) is 10.1. The molecular weight excluding hydrogens is 425 g/mol. The van der Waals surface area contributed by atoms with E-state index in [1.165, 1.54) is 12.1 Å². The van der Waals surface area contributed by atoms with Crippen LogP contribution in [0.5, 0.6) is 11.5 Å². The van der Waals surface area contributed by atoms with Crippen molar-refractivity contribution in [3.63, 3.8) is 0 Å². The Kier molecular flexibility index (Phi) is 8.43. The van der Waals surface area contributed by atoms with Gasteiger partial charge in [0, 0.05) is 50.4 Å². The normalized spacial score (nSPS) is 16.2. The molecule has 0 radical (unpaired) electrons. The number of nitrogens with zero attached hydrogens (tertiary/aromatic N) is 1. The lowest BCUT2D eigenvalue weighted by Gasteiger charge is -2.26. The number of Topliss-reactive ketones (excluding diaryl/α,β-unsaturated/α-hetero) is 1. The smallest absolute Gasteiger partial charge is 0.205 e. The first-order chi connectivity index (χ1) is 16.0. The van der Waals surface area contributed by atoms with Gasteiger partial charge in [0.1, 0.15) is 23.4 Å². The highest BCUT2D eigenvalue weighted by molar-refractivity contribution is 6.05. The first-order valence-electron chi connectivity index (χ1n) is 10.8. The van der Waals surface area contributed by atoms with Gasteiger partial charge in [0.15, 0.2) is 0 Å². The summed E-state index contributed by atoms with van der Waals surface area (Å²) < 4.78 is 29.7. The van der Waals surface area contributed by atoms with Crippen molar-refractivity contribution in [2.45, 2.75) is 18.9 Å². The Balaban J connectivity index is 2.03. The fourth-order valence-electron chi connectivity index (χ4n) is 3.85. The maximum absolute atomic E-state index is 13.7. The second kappa shape index (κ2) is 11.5. The highest BCUT2D eigenvalue weighted by atomic mass is 19.1. The standard InChI is InChI=1S/C25H30FN3O4/c1-28-15-22(16-8-10-33-11-9-16)23(27)25(30)24(17-4-6-18(26)7-5-17)29-19-12-20(31-2)14-21(13-19)32-3/h4-7,12-16,24,29H,8-11,27H2,1-3H3. The van der Waals surface area contributed by atoms with E-state index in [-0.39, 0.29) is 17.4 Å². The van der Waals surface area contributed by atoms with Gasteiger partial charge in [-0.1, -0.05) is 12.1 Å². The molecule has 176 valence electrons. The van der Waals surface area contributed by atoms with E-state index in [0.717, 1.165) is 12.8 Å². The predicted molar refractivity (Wildman–Crippen MR) is 126 cm³/mol. The molecule has 2 aromatic rings. The van der Waals surface area contributed by atoms with Crippen LogP contribution in [0.15, 0.2) is 58.7 Å². The topological polar surface area (TPSA) is 95.2 Å². The maximum atomic E-state index is 13.7. The van der Waals surface area contributed by atoms with Crippen LogP contribution in [0.2, 0.25) is 0 Å². The van der Waals surface area contributed by atoms with E-state index in [4.69, 9.17) is 19.9 Å². The SMILES string of the molecule is CN=CC(=C(N)C(=O)C(Nc1cc(OC)cc(OC)c1)c1ccc(F)cc1)C1CCOCC1. The molecule has 0 amide bonds. The van der Waals surface area contributed by atoms with Gasteiger partial charge in [0.2, 0.25) is 5.78 Å². The van der Waals surface area contributed by atoms with Crippen LogP contribution in [-0.4, -0.2) is 46.5 Å². The van der Waals surface area contributed by atoms with E-state index in [2.05, 4.69) is 10.3 Å². The van der Waals surface area contributed by atoms with Gasteiger partial charge in [-0.15, -0.1) is 0 Å². The van der Waals surface area contributed by atoms with Gasteiger partial charge in [-0.3, -0.25) is 9.79 Å². The number of nitrogens with two attached hydrogens (primary N) is 1. The summed E-state index contributed by atoms with van der Waals surface area (Å²) in [4.78, 5) is 17.8. The Morgan fingerprint density at radius 1 is 1.15 bits per heavy atom. The van der Waals surface area contributed by atoms with Crippen LogP contribution in [0, 0.1) is 11.7 Å². The molecule has 1 saturated heterocycles. The zero-order valence-electron chi connectivity index (χ0n) is 19.1. The molecule has 0 saturated carbocycles. The molecule has 2 aromatic carbocycles. The van der Waals surface area contributed by atoms with Crippen LogP contribution in [0.3, 0.4) is 0 Å². The van der Waals surface area contributed by atoms with Crippen molar-refractivity contribution in [3.8, 4) is 11.5 Å². The van der Waals surface area contributed by atoms with Crippen molar-refractivity contribution < 1.29 is 23.4 Å². The molecule has 1 heterocycles. The van der Waals surface area contributed by atoms with Crippen molar-refractivity contribution >= 4 is 17.7 Å². The minimum Gasteiger partial charge on any atom is -0.497 e. The number of methoxy groups -OCH3 is 2. The minimum absolute atomic E-state index is 0.0807. The predicted octanol–water partition coefficient (Wildman–Crippen LogP) is 3.91. The Morgan fingerprint density at radius 2 is 1.76 bits per heavy atom. The largest absolute Gasteiger partial charge is 0.497 e. The Bertz CT molecular complexity index is 993. The number of hydrogen-bond acceptors (Lipinski definition) is 7. The van der Waals surface area contributed by atoms with E-state index >= 15 is 0 Å². The quantitative estimate of drug-likeness (QED) is 0.440. The molecule has 1 fully saturated rings. The number of carbonyl (C=O) groups excluding carboxylic acids is 1. The van der Waals surface area contributed by atoms with E-state index < -0.39 is 11.9 Å². The van der Waals surface area contributed by atoms with Crippen LogP contribution in [0.4, 0.5) is 10.1 Å². The zero-order valence-corrected chi connectivity index (χ0v) is 19.1. The van der Waals surface area contributed by atoms with Crippen molar-refractivity contribution in [3.05, 3.63) is 65.1 Å². The summed E-state index contributed by atoms with van der Waals surface area (Å²) in [5.74, 6) is 0.484. The van der Waals surface area contributed by atoms with Crippen LogP contribution in [0.25, 0.3) is 0 Å². The summed E-state index contributed by atoms with van der Waals surface area (Å²) in [6.07, 6.45) is 3.17. The van der Waals surface area contributed by atoms with E-state index in [9.17, 15) is 9.18 Å². The number of allylic oxidation sites excluding steroid dienone is 1. The Hall–Kier alpha value is -3.39. The molecular formula is C25H30FN3O4. The van der Waals surface area contributed by atoms with Gasteiger partial charge in [0.25, 0.3) is 0 Å². The van der Waals surface area contributed by atoms with Gasteiger partial charge in [-0.2, -0.15) is 0 Å². The Labute approximate surface area is 193 Å². The lowest BCUT2D eigenvalue weighted by Crippen LogP contribution is -2.30. The maximum Gasteiger partial charge on any atom is 0.205 e. The zero-order chi connectivity index (χ0) is 23.8. The van der Waals surface area contributed by atoms with E-state index in [1.807, 2.05) is 0 Å². The second-order valence-corrected chi connectivity index (χ2v) is 7.74. The number of ether oxygens (including phenoxy) is 3. The molecule has 0 aromatic heterocycles. The highest BCUT2D eigenvalue weighted by Crippen LogP contribution is 2.31. The molecule has 3 N–H and O–H groups in total. The molecule has 1 unspecified atom stereocenters. The molecule has 7 nitrogen and oxygen atoms in total. The molecule has 1 aliphatic heterocycles. The van der Waals surface area contributed by atoms with E-state index in [0.29, 0.717) is 41.5 Å². The third kappa shape index (κ3) is 6.10. The summed E-state index contributed by atoms with van der Waals surface area (Å²) in [7, 11) is 4.74. The van der Waals surface area contributed by atoms with Crippen molar-refractivity contribution in [2.24, 2.45) is 16.6 Å². The number of anilines is 1. The minimum atomic E-state index is -0.859. The summed E-state index contributed by atoms with van der Waals surface area (Å²) in [5, 5.41) is 3.23. The lowest BCUT2D eigenvalue weighted by atomic mass is 9.88. The summed E-state index contributed by atoms with van der Waals surface area (Å²) in [5.41, 5.74) is 8.44. The van der Waals surface area contributed by atoms with Crippen molar-refractivity contribution in [1.29, 1.82) is 0 Å². The number of nitrogens with one attached hydrogen (secondary N) is 1. The Morgan fingerprint density at radius 3 is 2.30 bits per heavy atom. The van der Waals surface area contributed by atoms with Gasteiger partial charge < -0.3 is 25.3 Å². The molecule has 33 heavy (non-hydrogen) atoms. The van der Waals surface area contributed by atoms with Crippen LogP contribution in [-0.2, 0) is 9.53 Å². The van der Waals surface area contributed by atoms with Crippen molar-refractivity contribution in [2.75, 3.05) is 39.8 Å². The first-order valence-corrected chi connectivity index (χ1v) is 10.8. The third-order valence-corrected chi connectivity index (χ3v) is 5.63. The highest BCUT2D eigenvalue weighted by Gasteiger charge is 2.28. The number of halogens is 1. The molecule has 3 rings (SSSR count). The number of hydrogen-bond donors (Lipinski definition) is 2. The molecule has 1 atom stereocenters. The summed E-state index contributed by atoms with van der Waals surface area (Å²) >= 11 is 0. The average molecular weight is 456 g/mol. The van der Waals surface area contributed by atoms with Crippen molar-refractivity contribution in [1.82, 2.24) is 0 Å². The molecule has 8 heteroatoms. The molecule has 0 aliphatic carbocycles. The molecule has 0 bridgehead atoms. The fraction of sp³-hybridized carbons (Fsp3) is 0.360. The number of benzene rings is 2. The third-order valence-electron chi connectivity index (χ3n) is 5.63. The molecule has 0 spiro atoms. The van der Waals surface area contributed by atoms with Gasteiger partial charge in [-0.05, 0) is 42.0 Å². The van der Waals surface area contributed by atoms with Crippen LogP contribution in [0.1, 0.15) is 24.4 Å². The van der Waals surface area contributed by atoms with Gasteiger partial charge in [0.05, 0.1) is 19.9 Å². The fourth-order valence-corrected chi connectivity index (χ4v) is 3.85. The molecule has 1 aliphatic rings. The van der Waals surface area contributed by atoms with Crippen LogP contribution >= 0.6 is 0 Å². The number of carbonyl (C=O) groups is 1. The number of ketones is 1. The first kappa shape index (κ1) is 24.3. The lowest BCUT2D eigenvalue weighted by molar-refractivity contribution is -0.116. The average Bonchev–Trinajstić information content (AvgIpc) is 2.86. The number of rotatable bonds is 9. The summed E-state index contributed by atoms with van der Waals surface area (Å²) in [6.45, 7) is 1.22. The monoisotopic (exact) mass is 455 g/mol. The number of aliphatic imine (C=N–C) groups is 1.